The molecule has 7 heteroatoms. The van der Waals surface area contributed by atoms with Gasteiger partial charge in [0.15, 0.2) is 0 Å². The zero-order chi connectivity index (χ0) is 22.2. The Morgan fingerprint density at radius 2 is 1.84 bits per heavy atom. The molecule has 3 amide bonds. The lowest BCUT2D eigenvalue weighted by Gasteiger charge is -2.34. The quantitative estimate of drug-likeness (QED) is 0.727. The molecule has 0 bridgehead atoms. The molecule has 1 unspecified atom stereocenters. The second kappa shape index (κ2) is 8.70. The van der Waals surface area contributed by atoms with Crippen LogP contribution in [0.3, 0.4) is 0 Å². The maximum atomic E-state index is 12.8. The first kappa shape index (κ1) is 21.2. The molecule has 1 saturated heterocycles. The summed E-state index contributed by atoms with van der Waals surface area (Å²) in [5.74, 6) is -0.0517. The van der Waals surface area contributed by atoms with E-state index in [0.717, 1.165) is 47.4 Å². The van der Waals surface area contributed by atoms with E-state index < -0.39 is 0 Å². The van der Waals surface area contributed by atoms with E-state index in [4.69, 9.17) is 0 Å². The second-order valence-electron chi connectivity index (χ2n) is 9.34. The second-order valence-corrected chi connectivity index (χ2v) is 10.3. The summed E-state index contributed by atoms with van der Waals surface area (Å²) in [4.78, 5) is 41.1. The number of benzene rings is 1. The number of carbonyl (C=O) groups is 3. The number of carbonyl (C=O) groups excluding carboxylic acids is 3. The minimum atomic E-state index is -0.259. The highest BCUT2D eigenvalue weighted by molar-refractivity contribution is 7.12. The van der Waals surface area contributed by atoms with Crippen LogP contribution in [0.4, 0.5) is 5.69 Å². The van der Waals surface area contributed by atoms with E-state index in [1.54, 1.807) is 6.07 Å². The number of nitrogens with one attached hydrogen (secondary N) is 2. The van der Waals surface area contributed by atoms with Crippen LogP contribution in [-0.2, 0) is 4.79 Å². The van der Waals surface area contributed by atoms with Crippen molar-refractivity contribution in [2.75, 3.05) is 18.4 Å². The molecule has 6 nitrogen and oxygen atoms in total. The molecular formula is C25H29N3O3S. The number of rotatable bonds is 4. The third kappa shape index (κ3) is 4.06. The SMILES string of the molecule is Cc1csc(C(=O)N2CCC(C3C(=O)Nc4ccc(C(=O)NC5CCCC5)cc43)CC2)c1. The largest absolute Gasteiger partial charge is 0.349 e. The van der Waals surface area contributed by atoms with Crippen molar-refractivity contribution >= 4 is 34.7 Å². The van der Waals surface area contributed by atoms with Gasteiger partial charge in [-0.25, -0.2) is 0 Å². The first-order valence-electron chi connectivity index (χ1n) is 11.6. The smallest absolute Gasteiger partial charge is 0.263 e. The Kier molecular flexibility index (Phi) is 5.76. The summed E-state index contributed by atoms with van der Waals surface area (Å²) < 4.78 is 0. The zero-order valence-corrected chi connectivity index (χ0v) is 19.2. The fourth-order valence-electron chi connectivity index (χ4n) is 5.37. The molecule has 3 heterocycles. The summed E-state index contributed by atoms with van der Waals surface area (Å²) in [7, 11) is 0. The summed E-state index contributed by atoms with van der Waals surface area (Å²) in [5, 5.41) is 8.14. The Balaban J connectivity index is 1.28. The maximum absolute atomic E-state index is 12.8. The minimum absolute atomic E-state index is 0.00649. The molecule has 2 aliphatic heterocycles. The Labute approximate surface area is 192 Å². The van der Waals surface area contributed by atoms with Crippen molar-refractivity contribution in [3.63, 3.8) is 0 Å². The molecule has 32 heavy (non-hydrogen) atoms. The van der Waals surface area contributed by atoms with Crippen LogP contribution in [-0.4, -0.2) is 41.8 Å². The Bertz CT molecular complexity index is 1050. The molecule has 0 spiro atoms. The van der Waals surface area contributed by atoms with Crippen LogP contribution in [0.1, 0.15) is 75.6 Å². The fraction of sp³-hybridized carbons (Fsp3) is 0.480. The van der Waals surface area contributed by atoms with Crippen molar-refractivity contribution in [3.8, 4) is 0 Å². The molecule has 2 fully saturated rings. The van der Waals surface area contributed by atoms with Crippen LogP contribution in [0.15, 0.2) is 29.6 Å². The lowest BCUT2D eigenvalue weighted by Crippen LogP contribution is -2.40. The maximum Gasteiger partial charge on any atom is 0.263 e. The number of fused-ring (bicyclic) bond motifs is 1. The van der Waals surface area contributed by atoms with Crippen LogP contribution in [0, 0.1) is 12.8 Å². The van der Waals surface area contributed by atoms with Gasteiger partial charge in [-0.15, -0.1) is 11.3 Å². The van der Waals surface area contributed by atoms with Crippen molar-refractivity contribution in [1.82, 2.24) is 10.2 Å². The van der Waals surface area contributed by atoms with Gasteiger partial charge in [0.1, 0.15) is 0 Å². The van der Waals surface area contributed by atoms with Gasteiger partial charge in [0.25, 0.3) is 11.8 Å². The standard InChI is InChI=1S/C25H29N3O3S/c1-15-12-21(32-14-15)25(31)28-10-8-16(9-11-28)22-19-13-17(6-7-20(19)27-24(22)30)23(29)26-18-4-2-3-5-18/h6-7,12-14,16,18,22H,2-5,8-11H2,1H3,(H,26,29)(H,27,30). The minimum Gasteiger partial charge on any atom is -0.349 e. The van der Waals surface area contributed by atoms with Crippen molar-refractivity contribution in [3.05, 3.63) is 51.2 Å². The lowest BCUT2D eigenvalue weighted by atomic mass is 9.80. The van der Waals surface area contributed by atoms with Crippen molar-refractivity contribution < 1.29 is 14.4 Å². The molecule has 0 radical (unpaired) electrons. The van der Waals surface area contributed by atoms with E-state index in [9.17, 15) is 14.4 Å². The number of aryl methyl sites for hydroxylation is 1. The number of hydrogen-bond acceptors (Lipinski definition) is 4. The number of hydrogen-bond donors (Lipinski definition) is 2. The van der Waals surface area contributed by atoms with Gasteiger partial charge in [0.2, 0.25) is 5.91 Å². The summed E-state index contributed by atoms with van der Waals surface area (Å²) >= 11 is 1.49. The van der Waals surface area contributed by atoms with Gasteiger partial charge in [0, 0.05) is 30.4 Å². The van der Waals surface area contributed by atoms with E-state index in [-0.39, 0.29) is 35.6 Å². The average molecular weight is 452 g/mol. The molecule has 1 atom stereocenters. The van der Waals surface area contributed by atoms with Crippen molar-refractivity contribution in [1.29, 1.82) is 0 Å². The first-order valence-corrected chi connectivity index (χ1v) is 12.5. The molecule has 1 saturated carbocycles. The molecule has 1 aliphatic carbocycles. The van der Waals surface area contributed by atoms with Gasteiger partial charge in [-0.05, 0) is 79.3 Å². The van der Waals surface area contributed by atoms with E-state index in [1.807, 2.05) is 35.4 Å². The van der Waals surface area contributed by atoms with E-state index >= 15 is 0 Å². The fourth-order valence-corrected chi connectivity index (χ4v) is 6.23. The number of likely N-dealkylation sites (tertiary alicyclic amines) is 1. The van der Waals surface area contributed by atoms with Crippen molar-refractivity contribution in [2.24, 2.45) is 5.92 Å². The number of anilines is 1. The third-order valence-corrected chi connectivity index (χ3v) is 8.16. The number of thiophene rings is 1. The molecule has 5 rings (SSSR count). The van der Waals surface area contributed by atoms with E-state index in [2.05, 4.69) is 10.6 Å². The van der Waals surface area contributed by atoms with Crippen LogP contribution in [0.5, 0.6) is 0 Å². The topological polar surface area (TPSA) is 78.5 Å². The van der Waals surface area contributed by atoms with Crippen LogP contribution < -0.4 is 10.6 Å². The highest BCUT2D eigenvalue weighted by Gasteiger charge is 2.39. The molecule has 1 aromatic carbocycles. The van der Waals surface area contributed by atoms with Crippen LogP contribution >= 0.6 is 11.3 Å². The summed E-state index contributed by atoms with van der Waals surface area (Å²) in [6.45, 7) is 3.31. The summed E-state index contributed by atoms with van der Waals surface area (Å²) in [5.41, 5.74) is 3.47. The molecule has 2 aromatic rings. The van der Waals surface area contributed by atoms with Gasteiger partial charge < -0.3 is 15.5 Å². The monoisotopic (exact) mass is 451 g/mol. The number of piperidine rings is 1. The van der Waals surface area contributed by atoms with Gasteiger partial charge in [-0.1, -0.05) is 12.8 Å². The molecule has 2 N–H and O–H groups in total. The molecule has 1 aromatic heterocycles. The van der Waals surface area contributed by atoms with E-state index in [0.29, 0.717) is 18.7 Å². The highest BCUT2D eigenvalue weighted by Crippen LogP contribution is 2.42. The zero-order valence-electron chi connectivity index (χ0n) is 18.4. The molecular weight excluding hydrogens is 422 g/mol. The van der Waals surface area contributed by atoms with E-state index in [1.165, 1.54) is 24.2 Å². The Hall–Kier alpha value is -2.67. The molecule has 3 aliphatic rings. The summed E-state index contributed by atoms with van der Waals surface area (Å²) in [6, 6.07) is 7.76. The van der Waals surface area contributed by atoms with Gasteiger partial charge in [0.05, 0.1) is 10.8 Å². The van der Waals surface area contributed by atoms with Crippen LogP contribution in [0.2, 0.25) is 0 Å². The van der Waals surface area contributed by atoms with Gasteiger partial charge >= 0.3 is 0 Å². The van der Waals surface area contributed by atoms with Crippen LogP contribution in [0.25, 0.3) is 0 Å². The predicted octanol–water partition coefficient (Wildman–Crippen LogP) is 4.32. The van der Waals surface area contributed by atoms with Crippen molar-refractivity contribution in [2.45, 2.75) is 57.4 Å². The highest BCUT2D eigenvalue weighted by atomic mass is 32.1. The summed E-state index contributed by atoms with van der Waals surface area (Å²) in [6.07, 6.45) is 5.99. The first-order chi connectivity index (χ1) is 15.5. The number of amides is 3. The average Bonchev–Trinajstić information content (AvgIpc) is 3.53. The Morgan fingerprint density at radius 3 is 2.53 bits per heavy atom. The number of nitrogens with zero attached hydrogens (tertiary/aromatic N) is 1. The Morgan fingerprint density at radius 1 is 1.09 bits per heavy atom. The third-order valence-electron chi connectivity index (χ3n) is 7.12. The normalized spacial score (nSPS) is 21.5. The van der Waals surface area contributed by atoms with Gasteiger partial charge in [-0.2, -0.15) is 0 Å². The predicted molar refractivity (Wildman–Crippen MR) is 125 cm³/mol. The van der Waals surface area contributed by atoms with Gasteiger partial charge in [-0.3, -0.25) is 14.4 Å². The molecule has 168 valence electrons. The lowest BCUT2D eigenvalue weighted by molar-refractivity contribution is -0.118.